The van der Waals surface area contributed by atoms with E-state index in [4.69, 9.17) is 5.73 Å². The van der Waals surface area contributed by atoms with Crippen LogP contribution in [0.15, 0.2) is 18.2 Å². The summed E-state index contributed by atoms with van der Waals surface area (Å²) in [5.74, 6) is -1.69. The Balaban J connectivity index is 3.04. The van der Waals surface area contributed by atoms with Crippen molar-refractivity contribution in [3.05, 3.63) is 35.4 Å². The second kappa shape index (κ2) is 5.76. The fraction of sp³-hybridized carbons (Fsp3) is 0.571. The molecule has 0 aliphatic rings. The largest absolute Gasteiger partial charge is 0.322 e. The molecule has 0 aliphatic carbocycles. The first-order valence-electron chi connectivity index (χ1n) is 6.30. The van der Waals surface area contributed by atoms with Crippen LogP contribution in [0, 0.1) is 11.6 Å². The lowest BCUT2D eigenvalue weighted by Crippen LogP contribution is -2.51. The molecular weight excluding hydrogens is 234 g/mol. The van der Waals surface area contributed by atoms with Crippen molar-refractivity contribution >= 4 is 0 Å². The van der Waals surface area contributed by atoms with Gasteiger partial charge < -0.3 is 5.73 Å². The number of rotatable bonds is 5. The minimum atomic E-state index is -0.849. The maximum absolute atomic E-state index is 13.2. The van der Waals surface area contributed by atoms with Gasteiger partial charge in [0, 0.05) is 11.6 Å². The van der Waals surface area contributed by atoms with Crippen LogP contribution in [0.4, 0.5) is 8.78 Å². The Hall–Kier alpha value is -1.00. The van der Waals surface area contributed by atoms with E-state index in [9.17, 15) is 8.78 Å². The first kappa shape index (κ1) is 15.1. The summed E-state index contributed by atoms with van der Waals surface area (Å²) in [6, 6.07) is 3.50. The monoisotopic (exact) mass is 256 g/mol. The topological polar surface area (TPSA) is 29.3 Å². The minimum absolute atomic E-state index is 0.312. The van der Waals surface area contributed by atoms with Crippen molar-refractivity contribution in [3.8, 4) is 0 Å². The molecule has 1 aromatic carbocycles. The van der Waals surface area contributed by atoms with E-state index in [1.807, 2.05) is 13.8 Å². The van der Waals surface area contributed by atoms with E-state index < -0.39 is 11.6 Å². The molecule has 0 aromatic heterocycles. The van der Waals surface area contributed by atoms with E-state index in [1.54, 1.807) is 6.07 Å². The van der Waals surface area contributed by atoms with Crippen molar-refractivity contribution in [3.63, 3.8) is 0 Å². The smallest absolute Gasteiger partial charge is 0.159 e. The Bertz CT molecular complexity index is 401. The maximum atomic E-state index is 13.2. The van der Waals surface area contributed by atoms with Crippen molar-refractivity contribution in [2.24, 2.45) is 5.73 Å². The molecule has 0 aliphatic heterocycles. The zero-order chi connectivity index (χ0) is 13.9. The molecule has 0 saturated heterocycles. The van der Waals surface area contributed by atoms with Gasteiger partial charge in [-0.1, -0.05) is 19.9 Å². The molecule has 0 heterocycles. The normalized spacial score (nSPS) is 14.0. The van der Waals surface area contributed by atoms with Gasteiger partial charge in [0.1, 0.15) is 0 Å². The van der Waals surface area contributed by atoms with Crippen LogP contribution >= 0.6 is 0 Å². The standard InChI is InChI=1S/C14H22F2N2/c1-5-18(6-2)14(3,4)13(17)10-7-8-11(15)12(16)9-10/h7-9,13H,5-6,17H2,1-4H3. The molecule has 0 fully saturated rings. The third-order valence-electron chi connectivity index (χ3n) is 3.64. The highest BCUT2D eigenvalue weighted by Gasteiger charge is 2.32. The number of hydrogen-bond donors (Lipinski definition) is 1. The van der Waals surface area contributed by atoms with Crippen LogP contribution in [0.2, 0.25) is 0 Å². The number of benzene rings is 1. The van der Waals surface area contributed by atoms with E-state index in [0.717, 1.165) is 19.2 Å². The molecule has 102 valence electrons. The van der Waals surface area contributed by atoms with Gasteiger partial charge in [-0.05, 0) is 44.6 Å². The molecule has 18 heavy (non-hydrogen) atoms. The van der Waals surface area contributed by atoms with Gasteiger partial charge in [-0.15, -0.1) is 0 Å². The SMILES string of the molecule is CCN(CC)C(C)(C)C(N)c1ccc(F)c(F)c1. The van der Waals surface area contributed by atoms with E-state index in [2.05, 4.69) is 18.7 Å². The van der Waals surface area contributed by atoms with E-state index in [-0.39, 0.29) is 11.6 Å². The number of halogens is 2. The molecule has 0 amide bonds. The number of nitrogens with two attached hydrogens (primary N) is 1. The molecule has 0 saturated carbocycles. The highest BCUT2D eigenvalue weighted by atomic mass is 19.2. The van der Waals surface area contributed by atoms with Gasteiger partial charge in [-0.2, -0.15) is 0 Å². The lowest BCUT2D eigenvalue weighted by molar-refractivity contribution is 0.107. The van der Waals surface area contributed by atoms with Crippen LogP contribution in [0.25, 0.3) is 0 Å². The lowest BCUT2D eigenvalue weighted by atomic mass is 9.87. The summed E-state index contributed by atoms with van der Waals surface area (Å²) in [5, 5.41) is 0. The van der Waals surface area contributed by atoms with E-state index in [1.165, 1.54) is 6.07 Å². The highest BCUT2D eigenvalue weighted by Crippen LogP contribution is 2.29. The lowest BCUT2D eigenvalue weighted by Gasteiger charge is -2.42. The third kappa shape index (κ3) is 2.87. The Morgan fingerprint density at radius 1 is 1.17 bits per heavy atom. The van der Waals surface area contributed by atoms with Crippen LogP contribution in [0.5, 0.6) is 0 Å². The van der Waals surface area contributed by atoms with E-state index >= 15 is 0 Å². The first-order chi connectivity index (χ1) is 8.34. The second-order valence-corrected chi connectivity index (χ2v) is 4.98. The van der Waals surface area contributed by atoms with Gasteiger partial charge in [-0.3, -0.25) is 4.90 Å². The molecule has 0 radical (unpaired) electrons. The molecule has 1 rings (SSSR count). The Morgan fingerprint density at radius 3 is 2.17 bits per heavy atom. The van der Waals surface area contributed by atoms with Gasteiger partial charge in [0.05, 0.1) is 0 Å². The molecule has 0 spiro atoms. The molecule has 1 atom stereocenters. The summed E-state index contributed by atoms with van der Waals surface area (Å²) >= 11 is 0. The minimum Gasteiger partial charge on any atom is -0.322 e. The summed E-state index contributed by atoms with van der Waals surface area (Å²) < 4.78 is 26.2. The zero-order valence-electron chi connectivity index (χ0n) is 11.5. The van der Waals surface area contributed by atoms with Gasteiger partial charge in [0.2, 0.25) is 0 Å². The van der Waals surface area contributed by atoms with Crippen molar-refractivity contribution < 1.29 is 8.78 Å². The summed E-state index contributed by atoms with van der Waals surface area (Å²) in [7, 11) is 0. The van der Waals surface area contributed by atoms with Gasteiger partial charge in [0.15, 0.2) is 11.6 Å². The van der Waals surface area contributed by atoms with Crippen LogP contribution in [-0.2, 0) is 0 Å². The number of hydrogen-bond acceptors (Lipinski definition) is 2. The second-order valence-electron chi connectivity index (χ2n) is 4.98. The molecule has 1 aromatic rings. The quantitative estimate of drug-likeness (QED) is 0.877. The van der Waals surface area contributed by atoms with Crippen LogP contribution < -0.4 is 5.73 Å². The first-order valence-corrected chi connectivity index (χ1v) is 6.30. The molecule has 4 heteroatoms. The average Bonchev–Trinajstić information content (AvgIpc) is 2.33. The van der Waals surface area contributed by atoms with E-state index in [0.29, 0.717) is 5.56 Å². The van der Waals surface area contributed by atoms with Crippen LogP contribution in [0.1, 0.15) is 39.3 Å². The molecule has 2 nitrogen and oxygen atoms in total. The number of likely N-dealkylation sites (N-methyl/N-ethyl adjacent to an activating group) is 1. The fourth-order valence-electron chi connectivity index (χ4n) is 2.35. The Labute approximate surface area is 108 Å². The predicted octanol–water partition coefficient (Wildman–Crippen LogP) is 3.09. The van der Waals surface area contributed by atoms with Gasteiger partial charge in [0.25, 0.3) is 0 Å². The summed E-state index contributed by atoms with van der Waals surface area (Å²) in [5.41, 5.74) is 6.52. The molecule has 1 unspecified atom stereocenters. The Morgan fingerprint density at radius 2 is 1.72 bits per heavy atom. The van der Waals surface area contributed by atoms with Gasteiger partial charge in [-0.25, -0.2) is 8.78 Å². The summed E-state index contributed by atoms with van der Waals surface area (Å²) in [4.78, 5) is 2.21. The van der Waals surface area contributed by atoms with Gasteiger partial charge >= 0.3 is 0 Å². The van der Waals surface area contributed by atoms with Crippen molar-refractivity contribution in [1.82, 2.24) is 4.90 Å². The van der Waals surface area contributed by atoms with Crippen LogP contribution in [-0.4, -0.2) is 23.5 Å². The highest BCUT2D eigenvalue weighted by molar-refractivity contribution is 5.24. The zero-order valence-corrected chi connectivity index (χ0v) is 11.5. The Kier molecular flexibility index (Phi) is 4.82. The van der Waals surface area contributed by atoms with Crippen molar-refractivity contribution in [1.29, 1.82) is 0 Å². The van der Waals surface area contributed by atoms with Crippen LogP contribution in [0.3, 0.4) is 0 Å². The molecule has 2 N–H and O–H groups in total. The third-order valence-corrected chi connectivity index (χ3v) is 3.64. The number of nitrogens with zero attached hydrogens (tertiary/aromatic N) is 1. The fourth-order valence-corrected chi connectivity index (χ4v) is 2.35. The summed E-state index contributed by atoms with van der Waals surface area (Å²) in [6.45, 7) is 9.88. The average molecular weight is 256 g/mol. The van der Waals surface area contributed by atoms with Crippen molar-refractivity contribution in [2.75, 3.05) is 13.1 Å². The molecular formula is C14H22F2N2. The summed E-state index contributed by atoms with van der Waals surface area (Å²) in [6.07, 6.45) is 0. The maximum Gasteiger partial charge on any atom is 0.159 e. The molecule has 0 bridgehead atoms. The van der Waals surface area contributed by atoms with Crippen molar-refractivity contribution in [2.45, 2.75) is 39.3 Å². The predicted molar refractivity (Wildman–Crippen MR) is 70.3 cm³/mol.